The van der Waals surface area contributed by atoms with Crippen LogP contribution in [0.2, 0.25) is 0 Å². The van der Waals surface area contributed by atoms with Crippen molar-refractivity contribution in [3.05, 3.63) is 29.8 Å². The van der Waals surface area contributed by atoms with Crippen LogP contribution < -0.4 is 16.2 Å². The number of benzene rings is 2. The number of azo groups is 1. The highest BCUT2D eigenvalue weighted by atomic mass is 32.2. The average molecular weight is 559 g/mol. The molecule has 0 fully saturated rings. The minimum absolute atomic E-state index is 0.233. The lowest BCUT2D eigenvalue weighted by Gasteiger charge is -2.11. The summed E-state index contributed by atoms with van der Waals surface area (Å²) >= 11 is 0. The van der Waals surface area contributed by atoms with E-state index in [-0.39, 0.29) is 17.1 Å². The number of nitriles is 1. The SMILES string of the molecule is COc1nc(N)c(N=Nc2cc3c(S(=O)(=O)O)cc(S(=O)(=O)O)cc3cc2S(=O)(=O)O)c(N)c1C#N. The predicted octanol–water partition coefficient (Wildman–Crippen LogP) is 1.43. The summed E-state index contributed by atoms with van der Waals surface area (Å²) in [6.45, 7) is 0. The van der Waals surface area contributed by atoms with Crippen molar-refractivity contribution in [1.29, 1.82) is 5.26 Å². The Morgan fingerprint density at radius 2 is 1.53 bits per heavy atom. The maximum atomic E-state index is 12.0. The maximum Gasteiger partial charge on any atom is 0.296 e. The molecule has 190 valence electrons. The number of hydrogen-bond donors (Lipinski definition) is 5. The highest BCUT2D eigenvalue weighted by molar-refractivity contribution is 7.87. The number of nitrogen functional groups attached to an aromatic ring is 2. The van der Waals surface area contributed by atoms with Crippen molar-refractivity contribution in [3.8, 4) is 11.9 Å². The first-order valence-electron chi connectivity index (χ1n) is 8.98. The van der Waals surface area contributed by atoms with Gasteiger partial charge in [-0.15, -0.1) is 10.2 Å². The summed E-state index contributed by atoms with van der Waals surface area (Å²) in [5, 5.41) is 15.7. The van der Waals surface area contributed by atoms with Crippen molar-refractivity contribution in [2.24, 2.45) is 10.2 Å². The molecule has 0 atom stereocenters. The maximum absolute atomic E-state index is 12.0. The molecule has 0 unspecified atom stereocenters. The molecule has 0 aliphatic carbocycles. The average Bonchev–Trinajstić information content (AvgIpc) is 2.75. The molecular weight excluding hydrogens is 544 g/mol. The fourth-order valence-electron chi connectivity index (χ4n) is 3.02. The van der Waals surface area contributed by atoms with Crippen LogP contribution in [0.3, 0.4) is 0 Å². The molecule has 3 rings (SSSR count). The summed E-state index contributed by atoms with van der Waals surface area (Å²) in [6, 6.07) is 4.20. The number of hydrogen-bond acceptors (Lipinski definition) is 13. The van der Waals surface area contributed by atoms with Crippen LogP contribution in [0.15, 0.2) is 49.2 Å². The van der Waals surface area contributed by atoms with Crippen LogP contribution >= 0.6 is 0 Å². The Balaban J connectivity index is 2.41. The minimum atomic E-state index is -5.13. The molecule has 2 aromatic carbocycles. The molecule has 0 spiro atoms. The number of anilines is 2. The highest BCUT2D eigenvalue weighted by Crippen LogP contribution is 2.39. The lowest BCUT2D eigenvalue weighted by molar-refractivity contribution is 0.397. The van der Waals surface area contributed by atoms with Crippen molar-refractivity contribution < 1.29 is 43.6 Å². The van der Waals surface area contributed by atoms with Crippen LogP contribution in [0.4, 0.5) is 22.9 Å². The number of nitrogens with zero attached hydrogens (tertiary/aromatic N) is 4. The Morgan fingerprint density at radius 3 is 2.03 bits per heavy atom. The second kappa shape index (κ2) is 8.94. The Labute approximate surface area is 203 Å². The number of pyridine rings is 1. The fraction of sp³-hybridized carbons (Fsp3) is 0.0588. The van der Waals surface area contributed by atoms with E-state index in [1.165, 1.54) is 7.11 Å². The van der Waals surface area contributed by atoms with Crippen molar-refractivity contribution in [2.75, 3.05) is 18.6 Å². The van der Waals surface area contributed by atoms with Gasteiger partial charge in [-0.25, -0.2) is 0 Å². The molecule has 19 heteroatoms. The summed E-state index contributed by atoms with van der Waals surface area (Å²) in [6.07, 6.45) is 0. The van der Waals surface area contributed by atoms with Crippen molar-refractivity contribution in [1.82, 2.24) is 4.98 Å². The van der Waals surface area contributed by atoms with Gasteiger partial charge in [0.2, 0.25) is 5.88 Å². The smallest absolute Gasteiger partial charge is 0.296 e. The fourth-order valence-corrected chi connectivity index (χ4v) is 5.01. The number of methoxy groups -OCH3 is 1. The van der Waals surface area contributed by atoms with Crippen molar-refractivity contribution in [2.45, 2.75) is 14.7 Å². The highest BCUT2D eigenvalue weighted by Gasteiger charge is 2.25. The normalized spacial score (nSPS) is 12.6. The molecule has 0 bridgehead atoms. The summed E-state index contributed by atoms with van der Waals surface area (Å²) < 4.78 is 104. The number of ether oxygens (including phenoxy) is 1. The quantitative estimate of drug-likeness (QED) is 0.211. The third-order valence-electron chi connectivity index (χ3n) is 4.59. The van der Waals surface area contributed by atoms with E-state index in [9.17, 15) is 44.2 Å². The van der Waals surface area contributed by atoms with E-state index < -0.39 is 73.0 Å². The van der Waals surface area contributed by atoms with Crippen molar-refractivity contribution in [3.63, 3.8) is 0 Å². The Kier molecular flexibility index (Phi) is 6.62. The molecule has 0 radical (unpaired) electrons. The van der Waals surface area contributed by atoms with Gasteiger partial charge in [0.25, 0.3) is 30.4 Å². The first kappa shape index (κ1) is 26.7. The van der Waals surface area contributed by atoms with E-state index in [0.717, 1.165) is 6.07 Å². The largest absolute Gasteiger partial charge is 0.480 e. The zero-order chi connectivity index (χ0) is 27.2. The number of rotatable bonds is 6. The van der Waals surface area contributed by atoms with Crippen LogP contribution in [-0.2, 0) is 30.4 Å². The summed E-state index contributed by atoms with van der Waals surface area (Å²) in [5.41, 5.74) is 9.86. The zero-order valence-electron chi connectivity index (χ0n) is 17.7. The van der Waals surface area contributed by atoms with Gasteiger partial charge in [-0.3, -0.25) is 13.7 Å². The molecule has 0 aliphatic rings. The van der Waals surface area contributed by atoms with E-state index in [2.05, 4.69) is 15.2 Å². The number of fused-ring (bicyclic) bond motifs is 1. The zero-order valence-corrected chi connectivity index (χ0v) is 20.1. The van der Waals surface area contributed by atoms with Gasteiger partial charge in [0.15, 0.2) is 11.5 Å². The lowest BCUT2D eigenvalue weighted by Crippen LogP contribution is -2.05. The molecular formula is C17H14N6O10S3. The molecule has 0 saturated carbocycles. The minimum Gasteiger partial charge on any atom is -0.480 e. The molecule has 0 aliphatic heterocycles. The van der Waals surface area contributed by atoms with E-state index >= 15 is 0 Å². The van der Waals surface area contributed by atoms with Crippen LogP contribution in [0, 0.1) is 11.3 Å². The van der Waals surface area contributed by atoms with Crippen LogP contribution in [-0.4, -0.2) is 51.0 Å². The van der Waals surface area contributed by atoms with Crippen LogP contribution in [0.25, 0.3) is 10.8 Å². The molecule has 3 aromatic rings. The second-order valence-corrected chi connectivity index (χ2v) is 11.0. The van der Waals surface area contributed by atoms with Gasteiger partial charge in [0.1, 0.15) is 27.1 Å². The molecule has 1 aromatic heterocycles. The van der Waals surface area contributed by atoms with Gasteiger partial charge < -0.3 is 16.2 Å². The molecule has 0 amide bonds. The van der Waals surface area contributed by atoms with Crippen LogP contribution in [0.1, 0.15) is 5.56 Å². The van der Waals surface area contributed by atoms with Gasteiger partial charge in [-0.05, 0) is 29.7 Å². The molecule has 36 heavy (non-hydrogen) atoms. The van der Waals surface area contributed by atoms with Gasteiger partial charge in [0.05, 0.1) is 17.7 Å². The van der Waals surface area contributed by atoms with Gasteiger partial charge in [0, 0.05) is 5.39 Å². The van der Waals surface area contributed by atoms with E-state index in [4.69, 9.17) is 16.2 Å². The predicted molar refractivity (Wildman–Crippen MR) is 122 cm³/mol. The second-order valence-electron chi connectivity index (χ2n) is 6.84. The van der Waals surface area contributed by atoms with Crippen molar-refractivity contribution >= 4 is 64.0 Å². The number of nitrogens with two attached hydrogens (primary N) is 2. The van der Waals surface area contributed by atoms with Gasteiger partial charge in [-0.2, -0.15) is 35.5 Å². The van der Waals surface area contributed by atoms with Gasteiger partial charge >= 0.3 is 0 Å². The Bertz CT molecular complexity index is 1830. The summed E-state index contributed by atoms with van der Waals surface area (Å²) in [4.78, 5) is 0.762. The lowest BCUT2D eigenvalue weighted by atomic mass is 10.1. The van der Waals surface area contributed by atoms with Crippen LogP contribution in [0.5, 0.6) is 5.88 Å². The molecule has 0 saturated heterocycles. The standard InChI is InChI=1S/C17H14N6O10S3/c1-33-17-10(6-18)14(19)15(16(20)21-17)23-22-11-5-9-7(3-13(11)36(30,31)32)2-8(34(24,25)26)4-12(9)35(27,28)29/h2-5H,1H3,(H4,19,20,21)(H,24,25,26)(H,27,28,29)(H,30,31,32). The summed E-state index contributed by atoms with van der Waals surface area (Å²) in [7, 11) is -14.0. The topological polar surface area (TPSA) is 286 Å². The third kappa shape index (κ3) is 5.03. The monoisotopic (exact) mass is 558 g/mol. The first-order chi connectivity index (χ1) is 16.5. The van der Waals surface area contributed by atoms with E-state index in [0.29, 0.717) is 18.2 Å². The number of aromatic nitrogens is 1. The Morgan fingerprint density at radius 1 is 0.917 bits per heavy atom. The van der Waals surface area contributed by atoms with E-state index in [1.807, 2.05) is 0 Å². The van der Waals surface area contributed by atoms with Gasteiger partial charge in [-0.1, -0.05) is 0 Å². The Hall–Kier alpha value is -3.93. The first-order valence-corrected chi connectivity index (χ1v) is 13.3. The molecule has 7 N–H and O–H groups in total. The summed E-state index contributed by atoms with van der Waals surface area (Å²) in [5.74, 6) is -0.624. The third-order valence-corrected chi connectivity index (χ3v) is 7.19. The van der Waals surface area contributed by atoms with E-state index in [1.54, 1.807) is 6.07 Å². The molecule has 1 heterocycles. The molecule has 16 nitrogen and oxygen atoms in total.